The molecule has 0 N–H and O–H groups in total. The highest BCUT2D eigenvalue weighted by Crippen LogP contribution is 2.35. The number of ether oxygens (including phenoxy) is 1. The Labute approximate surface area is 202 Å². The van der Waals surface area contributed by atoms with E-state index in [1.807, 2.05) is 36.1 Å². The van der Waals surface area contributed by atoms with Gasteiger partial charge in [-0.3, -0.25) is 14.9 Å². The van der Waals surface area contributed by atoms with Gasteiger partial charge in [-0.25, -0.2) is 0 Å². The molecule has 0 aromatic heterocycles. The predicted octanol–water partition coefficient (Wildman–Crippen LogP) is 4.63. The Bertz CT molecular complexity index is 1050. The van der Waals surface area contributed by atoms with Gasteiger partial charge in [0, 0.05) is 55.5 Å². The molecule has 2 heterocycles. The lowest BCUT2D eigenvalue weighted by Gasteiger charge is -2.37. The summed E-state index contributed by atoms with van der Waals surface area (Å²) in [5.41, 5.74) is 3.28. The minimum absolute atomic E-state index is 0.0476. The summed E-state index contributed by atoms with van der Waals surface area (Å²) >= 11 is 3.48. The third kappa shape index (κ3) is 4.93. The number of rotatable bonds is 5. The number of nitrogens with zero attached hydrogens (tertiary/aromatic N) is 4. The zero-order valence-corrected chi connectivity index (χ0v) is 20.6. The smallest absolute Gasteiger partial charge is 0.292 e. The number of methoxy groups -OCH3 is 1. The van der Waals surface area contributed by atoms with E-state index in [-0.39, 0.29) is 16.5 Å². The Hall–Kier alpha value is -2.81. The summed E-state index contributed by atoms with van der Waals surface area (Å²) in [4.78, 5) is 30.7. The summed E-state index contributed by atoms with van der Waals surface area (Å²) in [7, 11) is 1.58. The Morgan fingerprint density at radius 3 is 2.33 bits per heavy atom. The van der Waals surface area contributed by atoms with Crippen LogP contribution in [0.25, 0.3) is 0 Å². The van der Waals surface area contributed by atoms with Gasteiger partial charge in [0.05, 0.1) is 17.6 Å². The molecule has 0 radical (unpaired) electrons. The molecule has 2 aliphatic rings. The molecule has 9 heteroatoms. The van der Waals surface area contributed by atoms with E-state index in [4.69, 9.17) is 4.74 Å². The van der Waals surface area contributed by atoms with Crippen LogP contribution >= 0.6 is 15.9 Å². The maximum atomic E-state index is 13.2. The minimum Gasteiger partial charge on any atom is -0.496 e. The Balaban J connectivity index is 1.50. The number of carbonyl (C=O) groups excluding carboxylic acids is 1. The van der Waals surface area contributed by atoms with Crippen LogP contribution in [0.1, 0.15) is 35.2 Å². The Morgan fingerprint density at radius 1 is 1.00 bits per heavy atom. The fourth-order valence-corrected chi connectivity index (χ4v) is 5.32. The van der Waals surface area contributed by atoms with Crippen LogP contribution in [0.2, 0.25) is 0 Å². The van der Waals surface area contributed by atoms with Crippen LogP contribution in [-0.2, 0) is 0 Å². The highest BCUT2D eigenvalue weighted by Gasteiger charge is 2.27. The number of halogens is 1. The van der Waals surface area contributed by atoms with E-state index in [0.717, 1.165) is 41.7 Å². The van der Waals surface area contributed by atoms with Gasteiger partial charge < -0.3 is 19.4 Å². The molecule has 0 unspecified atom stereocenters. The van der Waals surface area contributed by atoms with Gasteiger partial charge in [0.15, 0.2) is 0 Å². The monoisotopic (exact) mass is 516 g/mol. The first-order valence-corrected chi connectivity index (χ1v) is 12.1. The van der Waals surface area contributed by atoms with Crippen molar-refractivity contribution in [3.63, 3.8) is 0 Å². The van der Waals surface area contributed by atoms with Crippen LogP contribution in [0.3, 0.4) is 0 Å². The molecule has 0 spiro atoms. The summed E-state index contributed by atoms with van der Waals surface area (Å²) in [5.74, 6) is 0.556. The standard InChI is InChI=1S/C24H29BrN4O4/c1-17-14-18(25)15-20(23(17)33-2)24(30)28-12-10-26(11-13-28)19-6-7-21(29(31)32)22(16-19)27-8-4-3-5-9-27/h6-7,14-16H,3-5,8-13H2,1-2H3. The van der Waals surface area contributed by atoms with Crippen molar-refractivity contribution in [1.29, 1.82) is 0 Å². The zero-order chi connectivity index (χ0) is 23.5. The molecule has 0 saturated carbocycles. The number of hydrogen-bond acceptors (Lipinski definition) is 6. The number of nitro benzene ring substituents is 1. The van der Waals surface area contributed by atoms with Crippen molar-refractivity contribution in [1.82, 2.24) is 4.90 Å². The van der Waals surface area contributed by atoms with Crippen LogP contribution in [0.15, 0.2) is 34.8 Å². The van der Waals surface area contributed by atoms with Gasteiger partial charge in [0.2, 0.25) is 0 Å². The quantitative estimate of drug-likeness (QED) is 0.425. The van der Waals surface area contributed by atoms with Gasteiger partial charge in [-0.05, 0) is 56.0 Å². The van der Waals surface area contributed by atoms with E-state index in [1.54, 1.807) is 13.2 Å². The molecular formula is C24H29BrN4O4. The molecule has 2 aromatic rings. The van der Waals surface area contributed by atoms with Crippen molar-refractivity contribution >= 4 is 38.9 Å². The first kappa shape index (κ1) is 23.4. The SMILES string of the molecule is COc1c(C)cc(Br)cc1C(=O)N1CCN(c2ccc([N+](=O)[O-])c(N3CCCCC3)c2)CC1. The zero-order valence-electron chi connectivity index (χ0n) is 19.1. The number of carbonyl (C=O) groups is 1. The lowest BCUT2D eigenvalue weighted by Crippen LogP contribution is -2.49. The number of nitro groups is 1. The van der Waals surface area contributed by atoms with E-state index in [0.29, 0.717) is 43.2 Å². The van der Waals surface area contributed by atoms with Gasteiger partial charge in [-0.1, -0.05) is 15.9 Å². The number of hydrogen-bond donors (Lipinski definition) is 0. The third-order valence-electron chi connectivity index (χ3n) is 6.46. The maximum absolute atomic E-state index is 13.2. The molecule has 2 fully saturated rings. The van der Waals surface area contributed by atoms with Crippen LogP contribution in [0.4, 0.5) is 17.1 Å². The Morgan fingerprint density at radius 2 is 1.70 bits per heavy atom. The van der Waals surface area contributed by atoms with Crippen LogP contribution < -0.4 is 14.5 Å². The summed E-state index contributed by atoms with van der Waals surface area (Å²) in [5, 5.41) is 11.6. The van der Waals surface area contributed by atoms with E-state index >= 15 is 0 Å². The van der Waals surface area contributed by atoms with Crippen LogP contribution in [0.5, 0.6) is 5.75 Å². The number of benzene rings is 2. The molecule has 0 aliphatic carbocycles. The molecule has 2 aliphatic heterocycles. The van der Waals surface area contributed by atoms with Crippen molar-refractivity contribution in [2.75, 3.05) is 56.2 Å². The molecule has 33 heavy (non-hydrogen) atoms. The fourth-order valence-electron chi connectivity index (χ4n) is 4.75. The van der Waals surface area contributed by atoms with E-state index in [2.05, 4.69) is 25.7 Å². The van der Waals surface area contributed by atoms with Crippen molar-refractivity contribution < 1.29 is 14.5 Å². The number of amides is 1. The van der Waals surface area contributed by atoms with Crippen LogP contribution in [-0.4, -0.2) is 62.1 Å². The summed E-state index contributed by atoms with van der Waals surface area (Å²) in [6, 6.07) is 9.13. The minimum atomic E-state index is -0.294. The normalized spacial score (nSPS) is 16.6. The molecule has 0 atom stereocenters. The molecule has 2 aromatic carbocycles. The summed E-state index contributed by atoms with van der Waals surface area (Å²) < 4.78 is 6.34. The summed E-state index contributed by atoms with van der Waals surface area (Å²) in [6.07, 6.45) is 3.28. The van der Waals surface area contributed by atoms with Gasteiger partial charge in [0.25, 0.3) is 11.6 Å². The Kier molecular flexibility index (Phi) is 7.07. The highest BCUT2D eigenvalue weighted by molar-refractivity contribution is 9.10. The molecular weight excluding hydrogens is 488 g/mol. The average Bonchev–Trinajstić information content (AvgIpc) is 2.83. The van der Waals surface area contributed by atoms with Gasteiger partial charge >= 0.3 is 0 Å². The number of piperazine rings is 1. The predicted molar refractivity (Wildman–Crippen MR) is 133 cm³/mol. The molecule has 176 valence electrons. The number of aryl methyl sites for hydroxylation is 1. The van der Waals surface area contributed by atoms with Crippen molar-refractivity contribution in [2.45, 2.75) is 26.2 Å². The molecule has 4 rings (SSSR count). The van der Waals surface area contributed by atoms with Crippen molar-refractivity contribution in [2.24, 2.45) is 0 Å². The van der Waals surface area contributed by atoms with E-state index in [1.165, 1.54) is 6.42 Å². The largest absolute Gasteiger partial charge is 0.496 e. The highest BCUT2D eigenvalue weighted by atomic mass is 79.9. The van der Waals surface area contributed by atoms with Crippen LogP contribution in [0, 0.1) is 17.0 Å². The molecule has 8 nitrogen and oxygen atoms in total. The average molecular weight is 517 g/mol. The van der Waals surface area contributed by atoms with E-state index < -0.39 is 0 Å². The first-order chi connectivity index (χ1) is 15.9. The van der Waals surface area contributed by atoms with Gasteiger partial charge in [-0.2, -0.15) is 0 Å². The van der Waals surface area contributed by atoms with Gasteiger partial charge in [0.1, 0.15) is 11.4 Å². The van der Waals surface area contributed by atoms with E-state index in [9.17, 15) is 14.9 Å². The molecule has 2 saturated heterocycles. The number of anilines is 2. The van der Waals surface area contributed by atoms with Gasteiger partial charge in [-0.15, -0.1) is 0 Å². The lowest BCUT2D eigenvalue weighted by atomic mass is 10.1. The second-order valence-electron chi connectivity index (χ2n) is 8.56. The van der Waals surface area contributed by atoms with Crippen molar-refractivity contribution in [3.05, 3.63) is 56.0 Å². The second-order valence-corrected chi connectivity index (χ2v) is 9.48. The second kappa shape index (κ2) is 9.99. The maximum Gasteiger partial charge on any atom is 0.292 e. The third-order valence-corrected chi connectivity index (χ3v) is 6.92. The topological polar surface area (TPSA) is 79.2 Å². The first-order valence-electron chi connectivity index (χ1n) is 11.3. The molecule has 0 bridgehead atoms. The number of piperidine rings is 1. The summed E-state index contributed by atoms with van der Waals surface area (Å²) in [6.45, 7) is 6.09. The molecule has 1 amide bonds. The van der Waals surface area contributed by atoms with Crippen molar-refractivity contribution in [3.8, 4) is 5.75 Å². The lowest BCUT2D eigenvalue weighted by molar-refractivity contribution is -0.384. The fraction of sp³-hybridized carbons (Fsp3) is 0.458.